The zero-order valence-corrected chi connectivity index (χ0v) is 7.99. The van der Waals surface area contributed by atoms with Crippen molar-refractivity contribution in [3.63, 3.8) is 0 Å². The Morgan fingerprint density at radius 1 is 1.27 bits per heavy atom. The second-order valence-corrected chi connectivity index (χ2v) is 3.15. The number of benzene rings is 1. The summed E-state index contributed by atoms with van der Waals surface area (Å²) in [6.45, 7) is 0.475. The Bertz CT molecular complexity index is 423. The number of carbonyl (C=O) groups is 2. The van der Waals surface area contributed by atoms with Crippen LogP contribution < -0.4 is 10.6 Å². The zero-order chi connectivity index (χ0) is 10.7. The van der Waals surface area contributed by atoms with Gasteiger partial charge in [0.25, 0.3) is 11.8 Å². The largest absolute Gasteiger partial charge is 0.347 e. The van der Waals surface area contributed by atoms with Gasteiger partial charge in [-0.15, -0.1) is 0 Å². The molecule has 2 rings (SSSR count). The van der Waals surface area contributed by atoms with Gasteiger partial charge in [-0.05, 0) is 18.2 Å². The van der Waals surface area contributed by atoms with Crippen molar-refractivity contribution < 1.29 is 9.59 Å². The highest BCUT2D eigenvalue weighted by atomic mass is 16.2. The summed E-state index contributed by atoms with van der Waals surface area (Å²) in [5.74, 6) is -0.502. The van der Waals surface area contributed by atoms with Crippen LogP contribution in [-0.4, -0.2) is 18.4 Å². The average molecular weight is 202 g/mol. The Balaban J connectivity index is 2.08. The smallest absolute Gasteiger partial charge is 0.267 e. The summed E-state index contributed by atoms with van der Waals surface area (Å²) in [5, 5.41) is 5.14. The number of amides is 2. The van der Waals surface area contributed by atoms with Crippen LogP contribution in [0.15, 0.2) is 42.1 Å². The molecule has 1 heterocycles. The lowest BCUT2D eigenvalue weighted by Crippen LogP contribution is -2.29. The maximum Gasteiger partial charge on any atom is 0.267 e. The first-order valence-corrected chi connectivity index (χ1v) is 4.62. The molecule has 0 aliphatic carbocycles. The van der Waals surface area contributed by atoms with Gasteiger partial charge < -0.3 is 10.6 Å². The van der Waals surface area contributed by atoms with Crippen LogP contribution >= 0.6 is 0 Å². The molecule has 4 nitrogen and oxygen atoms in total. The molecule has 0 radical (unpaired) electrons. The summed E-state index contributed by atoms with van der Waals surface area (Å²) in [7, 11) is 0. The molecule has 1 aliphatic heterocycles. The lowest BCUT2D eigenvalue weighted by Gasteiger charge is -2.03. The maximum absolute atomic E-state index is 11.6. The highest BCUT2D eigenvalue weighted by Crippen LogP contribution is 2.02. The van der Waals surface area contributed by atoms with Crippen LogP contribution in [0.3, 0.4) is 0 Å². The average Bonchev–Trinajstić information content (AvgIpc) is 2.66. The third-order valence-electron chi connectivity index (χ3n) is 2.10. The minimum absolute atomic E-state index is 0.237. The van der Waals surface area contributed by atoms with Gasteiger partial charge in [-0.3, -0.25) is 9.59 Å². The van der Waals surface area contributed by atoms with E-state index >= 15 is 0 Å². The molecule has 0 aromatic heterocycles. The van der Waals surface area contributed by atoms with E-state index in [-0.39, 0.29) is 11.8 Å². The number of nitrogens with one attached hydrogen (secondary N) is 2. The fourth-order valence-corrected chi connectivity index (χ4v) is 1.33. The topological polar surface area (TPSA) is 58.2 Å². The predicted octanol–water partition coefficient (Wildman–Crippen LogP) is 0.430. The minimum atomic E-state index is -0.265. The standard InChI is InChI=1S/C11H10N2O2/c14-10(8-4-2-1-3-5-8)13-9-6-7-12-11(9)15/h1-6H,7H2,(H,12,15)(H,13,14). The van der Waals surface area contributed by atoms with E-state index in [4.69, 9.17) is 0 Å². The molecule has 0 saturated heterocycles. The van der Waals surface area contributed by atoms with Gasteiger partial charge >= 0.3 is 0 Å². The molecule has 0 atom stereocenters. The lowest BCUT2D eigenvalue weighted by atomic mass is 10.2. The van der Waals surface area contributed by atoms with Crippen molar-refractivity contribution in [2.45, 2.75) is 0 Å². The van der Waals surface area contributed by atoms with Gasteiger partial charge in [0.2, 0.25) is 0 Å². The van der Waals surface area contributed by atoms with E-state index in [1.807, 2.05) is 6.07 Å². The monoisotopic (exact) mass is 202 g/mol. The minimum Gasteiger partial charge on any atom is -0.347 e. The molecule has 2 amide bonds. The SMILES string of the molecule is O=C1NCC=C1NC(=O)c1ccccc1. The van der Waals surface area contributed by atoms with Crippen molar-refractivity contribution in [1.82, 2.24) is 10.6 Å². The molecule has 0 unspecified atom stereocenters. The molecule has 1 aliphatic rings. The fourth-order valence-electron chi connectivity index (χ4n) is 1.33. The van der Waals surface area contributed by atoms with Crippen LogP contribution in [0.2, 0.25) is 0 Å². The van der Waals surface area contributed by atoms with Crippen molar-refractivity contribution in [2.75, 3.05) is 6.54 Å². The van der Waals surface area contributed by atoms with Gasteiger partial charge in [0.05, 0.1) is 0 Å². The Morgan fingerprint density at radius 2 is 2.00 bits per heavy atom. The van der Waals surface area contributed by atoms with Gasteiger partial charge in [0.1, 0.15) is 5.70 Å². The predicted molar refractivity (Wildman–Crippen MR) is 55.0 cm³/mol. The van der Waals surface area contributed by atoms with E-state index in [1.54, 1.807) is 30.3 Å². The van der Waals surface area contributed by atoms with Crippen LogP contribution in [0.4, 0.5) is 0 Å². The first kappa shape index (κ1) is 9.45. The van der Waals surface area contributed by atoms with E-state index in [1.165, 1.54) is 0 Å². The molecule has 0 bridgehead atoms. The van der Waals surface area contributed by atoms with E-state index in [2.05, 4.69) is 10.6 Å². The number of hydrogen-bond acceptors (Lipinski definition) is 2. The molecule has 4 heteroatoms. The first-order chi connectivity index (χ1) is 7.27. The second-order valence-electron chi connectivity index (χ2n) is 3.15. The maximum atomic E-state index is 11.6. The van der Waals surface area contributed by atoms with Crippen LogP contribution in [0.25, 0.3) is 0 Å². The van der Waals surface area contributed by atoms with Gasteiger partial charge in [0, 0.05) is 12.1 Å². The third-order valence-corrected chi connectivity index (χ3v) is 2.10. The van der Waals surface area contributed by atoms with Gasteiger partial charge in [-0.1, -0.05) is 18.2 Å². The van der Waals surface area contributed by atoms with Gasteiger partial charge in [0.15, 0.2) is 0 Å². The van der Waals surface area contributed by atoms with Crippen LogP contribution in [0, 0.1) is 0 Å². The number of carbonyl (C=O) groups excluding carboxylic acids is 2. The number of rotatable bonds is 2. The summed E-state index contributed by atoms with van der Waals surface area (Å²) in [5.41, 5.74) is 0.863. The third kappa shape index (κ3) is 2.04. The van der Waals surface area contributed by atoms with Crippen molar-refractivity contribution in [2.24, 2.45) is 0 Å². The molecule has 1 aromatic carbocycles. The molecular formula is C11H10N2O2. The van der Waals surface area contributed by atoms with E-state index in [0.29, 0.717) is 17.8 Å². The Kier molecular flexibility index (Phi) is 2.49. The molecule has 2 N–H and O–H groups in total. The Hall–Kier alpha value is -2.10. The highest BCUT2D eigenvalue weighted by Gasteiger charge is 2.16. The Labute approximate surface area is 87.0 Å². The number of hydrogen-bond donors (Lipinski definition) is 2. The summed E-state index contributed by atoms with van der Waals surface area (Å²) in [6.07, 6.45) is 1.66. The second kappa shape index (κ2) is 3.96. The van der Waals surface area contributed by atoms with E-state index in [9.17, 15) is 9.59 Å². The normalized spacial score (nSPS) is 14.4. The van der Waals surface area contributed by atoms with Gasteiger partial charge in [-0.25, -0.2) is 0 Å². The van der Waals surface area contributed by atoms with E-state index < -0.39 is 0 Å². The van der Waals surface area contributed by atoms with Crippen LogP contribution in [-0.2, 0) is 4.79 Å². The van der Waals surface area contributed by atoms with Gasteiger partial charge in [-0.2, -0.15) is 0 Å². The molecule has 1 aromatic rings. The molecule has 0 spiro atoms. The van der Waals surface area contributed by atoms with Crippen molar-refractivity contribution in [1.29, 1.82) is 0 Å². The van der Waals surface area contributed by atoms with Crippen LogP contribution in [0.5, 0.6) is 0 Å². The fraction of sp³-hybridized carbons (Fsp3) is 0.0909. The summed E-state index contributed by atoms with van der Waals surface area (Å²) in [6, 6.07) is 8.78. The van der Waals surface area contributed by atoms with Crippen LogP contribution in [0.1, 0.15) is 10.4 Å². The summed E-state index contributed by atoms with van der Waals surface area (Å²) in [4.78, 5) is 22.8. The zero-order valence-electron chi connectivity index (χ0n) is 7.99. The summed E-state index contributed by atoms with van der Waals surface area (Å²) < 4.78 is 0. The molecule has 0 fully saturated rings. The van der Waals surface area contributed by atoms with Crippen molar-refractivity contribution in [3.8, 4) is 0 Å². The Morgan fingerprint density at radius 3 is 2.60 bits per heavy atom. The molecule has 15 heavy (non-hydrogen) atoms. The van der Waals surface area contributed by atoms with Crippen molar-refractivity contribution >= 4 is 11.8 Å². The van der Waals surface area contributed by atoms with Crippen molar-refractivity contribution in [3.05, 3.63) is 47.7 Å². The molecular weight excluding hydrogens is 192 g/mol. The molecule has 76 valence electrons. The quantitative estimate of drug-likeness (QED) is 0.730. The molecule has 0 saturated carbocycles. The summed E-state index contributed by atoms with van der Waals surface area (Å²) >= 11 is 0. The van der Waals surface area contributed by atoms with E-state index in [0.717, 1.165) is 0 Å². The highest BCUT2D eigenvalue weighted by molar-refractivity contribution is 6.03. The first-order valence-electron chi connectivity index (χ1n) is 4.62. The lowest BCUT2D eigenvalue weighted by molar-refractivity contribution is -0.116.